The Bertz CT molecular complexity index is 2760. The molecule has 1 aliphatic heterocycles. The summed E-state index contributed by atoms with van der Waals surface area (Å²) in [6.07, 6.45) is 0.991. The lowest BCUT2D eigenvalue weighted by Gasteiger charge is -2.35. The Morgan fingerprint density at radius 3 is 1.11 bits per heavy atom. The lowest BCUT2D eigenvalue weighted by Crippen LogP contribution is -2.75. The van der Waals surface area contributed by atoms with E-state index in [4.69, 9.17) is 0 Å². The van der Waals surface area contributed by atoms with Gasteiger partial charge in [0.15, 0.2) is 8.07 Å². The van der Waals surface area contributed by atoms with Gasteiger partial charge < -0.3 is 0 Å². The molecule has 0 fully saturated rings. The first kappa shape index (κ1) is 41.5. The van der Waals surface area contributed by atoms with E-state index < -0.39 is 8.07 Å². The van der Waals surface area contributed by atoms with Crippen LogP contribution in [0.1, 0.15) is 66.8 Å². The van der Waals surface area contributed by atoms with Crippen LogP contribution in [0, 0.1) is 69.2 Å². The average Bonchev–Trinajstić information content (AvgIpc) is 3.23. The van der Waals surface area contributed by atoms with E-state index in [0.717, 1.165) is 6.42 Å². The summed E-state index contributed by atoms with van der Waals surface area (Å²) >= 11 is 0. The second kappa shape index (κ2) is 16.4. The van der Waals surface area contributed by atoms with E-state index in [9.17, 15) is 0 Å². The minimum atomic E-state index is -2.83. The van der Waals surface area contributed by atoms with Gasteiger partial charge in [-0.15, -0.1) is 0 Å². The van der Waals surface area contributed by atoms with E-state index >= 15 is 0 Å². The van der Waals surface area contributed by atoms with Gasteiger partial charge in [-0.1, -0.05) is 246 Å². The number of hydrogen-bond acceptors (Lipinski definition) is 0. The first-order chi connectivity index (χ1) is 29.8. The fourth-order valence-electron chi connectivity index (χ4n) is 11.9. The molecule has 0 spiro atoms. The Hall–Kier alpha value is -5.89. The minimum absolute atomic E-state index is 0.120. The van der Waals surface area contributed by atoms with Crippen LogP contribution in [0.15, 0.2) is 158 Å². The van der Waals surface area contributed by atoms with Crippen LogP contribution in [0.4, 0.5) is 0 Å². The summed E-state index contributed by atoms with van der Waals surface area (Å²) in [5.41, 5.74) is 25.0. The van der Waals surface area contributed by atoms with Crippen molar-refractivity contribution >= 4 is 75.0 Å². The summed E-state index contributed by atoms with van der Waals surface area (Å²) in [6.45, 7) is 23.1. The molecular weight excluding hydrogens is 758 g/mol. The predicted molar refractivity (Wildman–Crippen MR) is 275 cm³/mol. The molecule has 8 aromatic rings. The normalized spacial score (nSPS) is 12.3. The highest BCUT2D eigenvalue weighted by Crippen LogP contribution is 2.22. The number of hydrogen-bond donors (Lipinski definition) is 0. The molecule has 0 atom stereocenters. The highest BCUT2D eigenvalue weighted by Gasteiger charge is 2.42. The van der Waals surface area contributed by atoms with Gasteiger partial charge in [0, 0.05) is 0 Å². The summed E-state index contributed by atoms with van der Waals surface area (Å²) < 4.78 is 0. The van der Waals surface area contributed by atoms with Crippen molar-refractivity contribution in [3.63, 3.8) is 0 Å². The molecule has 0 aliphatic carbocycles. The maximum Gasteiger partial charge on any atom is 0.242 e. The molecule has 0 saturated carbocycles. The Kier molecular flexibility index (Phi) is 11.0. The maximum atomic E-state index is 2.50. The van der Waals surface area contributed by atoms with Gasteiger partial charge in [-0.2, -0.15) is 0 Å². The van der Waals surface area contributed by atoms with E-state index in [-0.39, 0.29) is 13.4 Å². The first-order valence-corrected chi connectivity index (χ1v) is 24.5. The van der Waals surface area contributed by atoms with Crippen molar-refractivity contribution < 1.29 is 0 Å². The monoisotopic (exact) mass is 816 g/mol. The highest BCUT2D eigenvalue weighted by molar-refractivity contribution is 7.20. The van der Waals surface area contributed by atoms with Crippen LogP contribution < -0.4 is 53.5 Å². The fraction of sp³-hybridized carbons (Fsp3) is 0.186. The van der Waals surface area contributed by atoms with Crippen LogP contribution in [0.2, 0.25) is 0 Å². The zero-order chi connectivity index (χ0) is 43.4. The van der Waals surface area contributed by atoms with Gasteiger partial charge >= 0.3 is 0 Å². The highest BCUT2D eigenvalue weighted by atomic mass is 28.3. The maximum absolute atomic E-state index is 2.83. The average molecular weight is 817 g/mol. The molecule has 0 bridgehead atoms. The van der Waals surface area contributed by atoms with Crippen LogP contribution >= 0.6 is 0 Å². The molecule has 0 saturated heterocycles. The third-order valence-corrected chi connectivity index (χ3v) is 18.8. The minimum Gasteiger partial charge on any atom is -0.0686 e. The van der Waals surface area contributed by atoms with Crippen molar-refractivity contribution in [1.82, 2.24) is 0 Å². The van der Waals surface area contributed by atoms with Crippen LogP contribution in [0.3, 0.4) is 0 Å². The van der Waals surface area contributed by atoms with Crippen molar-refractivity contribution in [2.24, 2.45) is 0 Å². The van der Waals surface area contributed by atoms with Gasteiger partial charge in [0.1, 0.15) is 0 Å². The summed E-state index contributed by atoms with van der Waals surface area (Å²) in [7, 11) is -2.83. The number of aryl methyl sites for hydroxylation is 10. The Morgan fingerprint density at radius 2 is 0.710 bits per heavy atom. The summed E-state index contributed by atoms with van der Waals surface area (Å²) in [5, 5.41) is 5.58. The molecule has 0 radical (unpaired) electrons. The first-order valence-electron chi connectivity index (χ1n) is 22.5. The van der Waals surface area contributed by atoms with Crippen LogP contribution in [0.25, 0.3) is 0 Å². The van der Waals surface area contributed by atoms with E-state index in [1.165, 1.54) is 120 Å². The molecule has 0 aromatic heterocycles. The lowest BCUT2D eigenvalue weighted by molar-refractivity contribution is 1.16. The Morgan fingerprint density at radius 1 is 0.371 bits per heavy atom. The molecular formula is C59H58B2Si. The number of fused-ring (bicyclic) bond motifs is 2. The lowest BCUT2D eigenvalue weighted by atomic mass is 9.32. The summed E-state index contributed by atoms with van der Waals surface area (Å²) in [4.78, 5) is 0. The SMILES string of the molecule is Cc1cc(C)c(B(c2ccc([Si](c3ccccc3)(c3ccccc3)c3ccc(B4c5c(C)cc(C)cc5Cc5cc(C)cc(C)c54)cc3)cc2)c2c(C)cc(C)cc2C)c(C)c1. The van der Waals surface area contributed by atoms with Gasteiger partial charge in [0.2, 0.25) is 13.4 Å². The molecule has 0 amide bonds. The third kappa shape index (κ3) is 7.15. The van der Waals surface area contributed by atoms with Gasteiger partial charge in [0.05, 0.1) is 0 Å². The van der Waals surface area contributed by atoms with E-state index in [0.29, 0.717) is 0 Å². The summed E-state index contributed by atoms with van der Waals surface area (Å²) in [6, 6.07) is 61.7. The van der Waals surface area contributed by atoms with Gasteiger partial charge in [-0.25, -0.2) is 0 Å². The third-order valence-electron chi connectivity index (χ3n) is 14.0. The van der Waals surface area contributed by atoms with Crippen molar-refractivity contribution in [3.8, 4) is 0 Å². The quantitative estimate of drug-likeness (QED) is 0.114. The molecule has 1 aliphatic rings. The molecule has 0 nitrogen and oxygen atoms in total. The zero-order valence-electron chi connectivity index (χ0n) is 38.4. The smallest absolute Gasteiger partial charge is 0.0686 e. The molecule has 304 valence electrons. The van der Waals surface area contributed by atoms with Crippen LogP contribution in [-0.2, 0) is 6.42 Å². The van der Waals surface area contributed by atoms with Crippen molar-refractivity contribution in [3.05, 3.63) is 224 Å². The molecule has 8 aromatic carbocycles. The molecule has 1 heterocycles. The van der Waals surface area contributed by atoms with E-state index in [1.807, 2.05) is 0 Å². The Balaban J connectivity index is 1.25. The van der Waals surface area contributed by atoms with Crippen LogP contribution in [-0.4, -0.2) is 21.5 Å². The Labute approximate surface area is 373 Å². The van der Waals surface area contributed by atoms with E-state index in [2.05, 4.69) is 227 Å². The second-order valence-corrected chi connectivity index (χ2v) is 22.5. The summed E-state index contributed by atoms with van der Waals surface area (Å²) in [5.74, 6) is 0. The predicted octanol–water partition coefficient (Wildman–Crippen LogP) is 7.08. The molecule has 3 heteroatoms. The van der Waals surface area contributed by atoms with E-state index in [1.54, 1.807) is 0 Å². The zero-order valence-corrected chi connectivity index (χ0v) is 39.4. The van der Waals surface area contributed by atoms with Gasteiger partial charge in [0.25, 0.3) is 0 Å². The fourth-order valence-corrected chi connectivity index (χ4v) is 16.7. The van der Waals surface area contributed by atoms with Crippen LogP contribution in [0.5, 0.6) is 0 Å². The topological polar surface area (TPSA) is 0 Å². The standard InChI is InChI=1S/C59H58B2Si/c1-38-29-42(5)56(43(6)30-38)60(57-44(7)31-39(2)32-45(57)8)50-21-25-54(26-22-50)62(52-17-13-11-14-18-52,53-19-15-12-16-20-53)55-27-23-51(24-28-55)61-58-46(9)33-40(3)35-48(58)37-49-36-41(4)34-47(10)59(49)61/h11-36H,37H2,1-10H3. The van der Waals surface area contributed by atoms with Crippen molar-refractivity contribution in [2.75, 3.05) is 0 Å². The molecule has 9 rings (SSSR count). The van der Waals surface area contributed by atoms with Gasteiger partial charge in [-0.05, 0) is 108 Å². The number of benzene rings is 8. The molecule has 0 N–H and O–H groups in total. The largest absolute Gasteiger partial charge is 0.242 e. The van der Waals surface area contributed by atoms with Crippen molar-refractivity contribution in [1.29, 1.82) is 0 Å². The van der Waals surface area contributed by atoms with Crippen molar-refractivity contribution in [2.45, 2.75) is 75.7 Å². The van der Waals surface area contributed by atoms with Gasteiger partial charge in [-0.3, -0.25) is 0 Å². The molecule has 0 unspecified atom stereocenters. The number of rotatable bonds is 8. The molecule has 62 heavy (non-hydrogen) atoms. The second-order valence-electron chi connectivity index (χ2n) is 18.7.